The molecule has 2 bridgehead atoms. The quantitative estimate of drug-likeness (QED) is 0.637. The van der Waals surface area contributed by atoms with Gasteiger partial charge in [-0.15, -0.1) is 10.2 Å². The van der Waals surface area contributed by atoms with Crippen molar-refractivity contribution in [1.82, 2.24) is 25.0 Å². The molecule has 4 unspecified atom stereocenters. The zero-order chi connectivity index (χ0) is 21.1. The number of likely N-dealkylation sites (tertiary alicyclic amines) is 1. The molecule has 1 N–H and O–H groups in total. The van der Waals surface area contributed by atoms with Crippen molar-refractivity contribution in [2.75, 3.05) is 12.3 Å². The Bertz CT molecular complexity index is 767. The van der Waals surface area contributed by atoms with Crippen LogP contribution in [0.2, 0.25) is 0 Å². The van der Waals surface area contributed by atoms with Gasteiger partial charge in [-0.1, -0.05) is 24.6 Å². The lowest BCUT2D eigenvalue weighted by atomic mass is 9.84. The fourth-order valence-electron chi connectivity index (χ4n) is 5.68. The molecule has 1 aromatic rings. The van der Waals surface area contributed by atoms with Gasteiger partial charge in [-0.25, -0.2) is 0 Å². The predicted octanol–water partition coefficient (Wildman–Crippen LogP) is 3.23. The Balaban J connectivity index is 1.30. The zero-order valence-corrected chi connectivity index (χ0v) is 19.1. The highest BCUT2D eigenvalue weighted by Gasteiger charge is 2.42. The Kier molecular flexibility index (Phi) is 7.01. The first-order chi connectivity index (χ1) is 14.5. The van der Waals surface area contributed by atoms with E-state index in [9.17, 15) is 9.59 Å². The van der Waals surface area contributed by atoms with Crippen LogP contribution in [0.4, 0.5) is 0 Å². The molecule has 2 amide bonds. The molecule has 4 rings (SSSR count). The summed E-state index contributed by atoms with van der Waals surface area (Å²) in [5.74, 6) is 3.80. The maximum Gasteiger partial charge on any atom is 0.230 e. The molecule has 1 aromatic heterocycles. The zero-order valence-electron chi connectivity index (χ0n) is 18.3. The van der Waals surface area contributed by atoms with Crippen molar-refractivity contribution in [3.05, 3.63) is 5.82 Å². The number of carbonyl (C=O) groups is 2. The number of hydrogen-bond acceptors (Lipinski definition) is 5. The van der Waals surface area contributed by atoms with Crippen LogP contribution in [-0.4, -0.2) is 49.8 Å². The van der Waals surface area contributed by atoms with Crippen LogP contribution >= 0.6 is 11.8 Å². The monoisotopic (exact) mass is 433 g/mol. The number of rotatable bonds is 8. The van der Waals surface area contributed by atoms with Gasteiger partial charge in [-0.3, -0.25) is 9.59 Å². The summed E-state index contributed by atoms with van der Waals surface area (Å²) in [6, 6.07) is 0.252. The number of carbonyl (C=O) groups excluding carboxylic acids is 2. The minimum absolute atomic E-state index is 0.0742. The smallest absolute Gasteiger partial charge is 0.230 e. The number of nitrogens with one attached hydrogen (secondary N) is 1. The maximum atomic E-state index is 12.6. The van der Waals surface area contributed by atoms with Gasteiger partial charge in [0.05, 0.1) is 12.3 Å². The summed E-state index contributed by atoms with van der Waals surface area (Å²) < 4.78 is 2.04. The van der Waals surface area contributed by atoms with Gasteiger partial charge >= 0.3 is 0 Å². The molecule has 2 heterocycles. The molecule has 3 aliphatic rings. The number of nitrogens with zero attached hydrogens (tertiary/aromatic N) is 4. The highest BCUT2D eigenvalue weighted by molar-refractivity contribution is 7.99. The topological polar surface area (TPSA) is 80.1 Å². The third-order valence-corrected chi connectivity index (χ3v) is 8.24. The second-order valence-electron chi connectivity index (χ2n) is 9.25. The second kappa shape index (κ2) is 9.71. The van der Waals surface area contributed by atoms with Crippen LogP contribution < -0.4 is 5.32 Å². The summed E-state index contributed by atoms with van der Waals surface area (Å²) >= 11 is 1.44. The lowest BCUT2D eigenvalue weighted by Gasteiger charge is -2.28. The van der Waals surface area contributed by atoms with E-state index in [0.717, 1.165) is 55.2 Å². The van der Waals surface area contributed by atoms with Crippen molar-refractivity contribution in [2.45, 2.75) is 89.5 Å². The van der Waals surface area contributed by atoms with Gasteiger partial charge in [-0.2, -0.15) is 0 Å². The van der Waals surface area contributed by atoms with Crippen molar-refractivity contribution in [3.63, 3.8) is 0 Å². The highest BCUT2D eigenvalue weighted by atomic mass is 32.2. The number of amides is 2. The summed E-state index contributed by atoms with van der Waals surface area (Å²) in [4.78, 5) is 26.8. The van der Waals surface area contributed by atoms with Gasteiger partial charge in [0, 0.05) is 25.6 Å². The van der Waals surface area contributed by atoms with Crippen molar-refractivity contribution < 1.29 is 9.59 Å². The van der Waals surface area contributed by atoms with Crippen LogP contribution in [0.1, 0.15) is 71.0 Å². The molecule has 0 spiro atoms. The summed E-state index contributed by atoms with van der Waals surface area (Å²) in [6.07, 6.45) is 9.13. The summed E-state index contributed by atoms with van der Waals surface area (Å²) in [7, 11) is 0. The molecule has 4 atom stereocenters. The number of aromatic nitrogens is 3. The van der Waals surface area contributed by atoms with Crippen LogP contribution in [0, 0.1) is 17.8 Å². The molecular weight excluding hydrogens is 398 g/mol. The standard InChI is InChI=1S/C22H35N5O2S/c1-3-27-19(13-26-10-6-4-5-7-21(26)29)24-25-22(27)30-14-20(28)23-15(2)18-12-16-8-9-17(18)11-16/h15-18H,3-14H2,1-2H3,(H,23,28). The van der Waals surface area contributed by atoms with Crippen LogP contribution in [0.5, 0.6) is 0 Å². The molecular formula is C22H35N5O2S. The molecule has 7 nitrogen and oxygen atoms in total. The lowest BCUT2D eigenvalue weighted by Crippen LogP contribution is -2.40. The summed E-state index contributed by atoms with van der Waals surface area (Å²) in [5.41, 5.74) is 0. The fraction of sp³-hybridized carbons (Fsp3) is 0.818. The third kappa shape index (κ3) is 4.84. The van der Waals surface area contributed by atoms with E-state index in [1.54, 1.807) is 0 Å². The minimum atomic E-state index is 0.0742. The van der Waals surface area contributed by atoms with E-state index >= 15 is 0 Å². The first-order valence-electron chi connectivity index (χ1n) is 11.7. The van der Waals surface area contributed by atoms with E-state index in [1.165, 1.54) is 37.4 Å². The Morgan fingerprint density at radius 1 is 1.23 bits per heavy atom. The van der Waals surface area contributed by atoms with Crippen LogP contribution in [0.3, 0.4) is 0 Å². The van der Waals surface area contributed by atoms with Gasteiger partial charge in [0.1, 0.15) is 0 Å². The summed E-state index contributed by atoms with van der Waals surface area (Å²) in [6.45, 7) is 6.25. The van der Waals surface area contributed by atoms with Crippen LogP contribution in [0.25, 0.3) is 0 Å². The Morgan fingerprint density at radius 3 is 2.83 bits per heavy atom. The van der Waals surface area contributed by atoms with Crippen molar-refractivity contribution in [1.29, 1.82) is 0 Å². The van der Waals surface area contributed by atoms with Gasteiger partial charge in [0.2, 0.25) is 11.8 Å². The van der Waals surface area contributed by atoms with Gasteiger partial charge < -0.3 is 14.8 Å². The minimum Gasteiger partial charge on any atom is -0.353 e. The molecule has 166 valence electrons. The maximum absolute atomic E-state index is 12.6. The van der Waals surface area contributed by atoms with Crippen LogP contribution in [-0.2, 0) is 22.7 Å². The molecule has 0 radical (unpaired) electrons. The van der Waals surface area contributed by atoms with Gasteiger partial charge in [0.25, 0.3) is 0 Å². The molecule has 2 saturated carbocycles. The molecule has 0 aromatic carbocycles. The summed E-state index contributed by atoms with van der Waals surface area (Å²) in [5, 5.41) is 12.7. The molecule has 3 fully saturated rings. The van der Waals surface area contributed by atoms with E-state index in [2.05, 4.69) is 29.4 Å². The van der Waals surface area contributed by atoms with E-state index < -0.39 is 0 Å². The molecule has 2 aliphatic carbocycles. The average molecular weight is 434 g/mol. The molecule has 1 saturated heterocycles. The Labute approximate surface area is 183 Å². The molecule has 1 aliphatic heterocycles. The van der Waals surface area contributed by atoms with Crippen molar-refractivity contribution in [3.8, 4) is 0 Å². The van der Waals surface area contributed by atoms with Gasteiger partial charge in [0.15, 0.2) is 11.0 Å². The van der Waals surface area contributed by atoms with E-state index in [4.69, 9.17) is 0 Å². The van der Waals surface area contributed by atoms with E-state index in [-0.39, 0.29) is 17.9 Å². The fourth-order valence-corrected chi connectivity index (χ4v) is 6.51. The largest absolute Gasteiger partial charge is 0.353 e. The Morgan fingerprint density at radius 2 is 2.10 bits per heavy atom. The first-order valence-corrected chi connectivity index (χ1v) is 12.7. The molecule has 30 heavy (non-hydrogen) atoms. The van der Waals surface area contributed by atoms with E-state index in [1.807, 2.05) is 9.47 Å². The number of fused-ring (bicyclic) bond motifs is 2. The third-order valence-electron chi connectivity index (χ3n) is 7.27. The highest BCUT2D eigenvalue weighted by Crippen LogP contribution is 2.49. The predicted molar refractivity (Wildman–Crippen MR) is 117 cm³/mol. The number of hydrogen-bond donors (Lipinski definition) is 1. The lowest BCUT2D eigenvalue weighted by molar-refractivity contribution is -0.131. The average Bonchev–Trinajstić information content (AvgIpc) is 3.43. The first kappa shape index (κ1) is 21.7. The van der Waals surface area contributed by atoms with Crippen molar-refractivity contribution >= 4 is 23.6 Å². The second-order valence-corrected chi connectivity index (χ2v) is 10.2. The SMILES string of the molecule is CCn1c(CN2CCCCCC2=O)nnc1SCC(=O)NC(C)C1CC2CCC1C2. The molecule has 8 heteroatoms. The van der Waals surface area contributed by atoms with E-state index in [0.29, 0.717) is 24.6 Å². The van der Waals surface area contributed by atoms with Gasteiger partial charge in [-0.05, 0) is 63.7 Å². The van der Waals surface area contributed by atoms with Crippen molar-refractivity contribution in [2.24, 2.45) is 17.8 Å². The Hall–Kier alpha value is -1.57. The van der Waals surface area contributed by atoms with Crippen LogP contribution in [0.15, 0.2) is 5.16 Å². The normalized spacial score (nSPS) is 27.3. The number of thioether (sulfide) groups is 1.